The zero-order valence-electron chi connectivity index (χ0n) is 15.0. The fourth-order valence-electron chi connectivity index (χ4n) is 3.12. The number of hydrogen-bond acceptors (Lipinski definition) is 5. The van der Waals surface area contributed by atoms with Gasteiger partial charge in [-0.25, -0.2) is 9.97 Å². The predicted octanol–water partition coefficient (Wildman–Crippen LogP) is 4.17. The van der Waals surface area contributed by atoms with Gasteiger partial charge in [0.1, 0.15) is 5.75 Å². The third-order valence-electron chi connectivity index (χ3n) is 4.53. The van der Waals surface area contributed by atoms with Crippen LogP contribution in [0, 0.1) is 0 Å². The molecule has 3 aromatic rings. The molecule has 0 atom stereocenters. The average molecular weight is 360 g/mol. The molecule has 4 rings (SSSR count). The molecule has 2 N–H and O–H groups in total. The summed E-state index contributed by atoms with van der Waals surface area (Å²) in [5.41, 5.74) is 4.76. The monoisotopic (exact) mass is 360 g/mol. The quantitative estimate of drug-likeness (QED) is 0.730. The maximum absolute atomic E-state index is 11.7. The second-order valence-electron chi connectivity index (χ2n) is 6.39. The van der Waals surface area contributed by atoms with Crippen LogP contribution in [-0.4, -0.2) is 23.0 Å². The van der Waals surface area contributed by atoms with E-state index in [-0.39, 0.29) is 5.91 Å². The summed E-state index contributed by atoms with van der Waals surface area (Å²) in [6.07, 6.45) is 4.04. The minimum absolute atomic E-state index is 0.0783. The van der Waals surface area contributed by atoms with Crippen molar-refractivity contribution in [3.8, 4) is 17.0 Å². The summed E-state index contributed by atoms with van der Waals surface area (Å²) in [5.74, 6) is 1.41. The van der Waals surface area contributed by atoms with E-state index in [2.05, 4.69) is 26.7 Å². The first-order valence-corrected chi connectivity index (χ1v) is 8.88. The average Bonchev–Trinajstić information content (AvgIpc) is 2.88. The lowest BCUT2D eigenvalue weighted by atomic mass is 10.0. The van der Waals surface area contributed by atoms with Crippen LogP contribution in [0.1, 0.15) is 18.4 Å². The smallest absolute Gasteiger partial charge is 0.227 e. The second-order valence-corrected chi connectivity index (χ2v) is 6.39. The minimum Gasteiger partial charge on any atom is -0.497 e. The maximum atomic E-state index is 11.7. The Kier molecular flexibility index (Phi) is 4.70. The Labute approximate surface area is 157 Å². The third-order valence-corrected chi connectivity index (χ3v) is 4.53. The highest BCUT2D eigenvalue weighted by Crippen LogP contribution is 2.28. The number of aryl methyl sites for hydroxylation is 1. The number of aromatic nitrogens is 2. The number of amides is 1. The number of nitrogens with zero attached hydrogens (tertiary/aromatic N) is 2. The molecular formula is C21H20N4O2. The molecule has 2 aromatic carbocycles. The molecule has 1 aliphatic rings. The summed E-state index contributed by atoms with van der Waals surface area (Å²) in [5, 5.41) is 6.17. The SMILES string of the molecule is COc1ccc(Nc2nccc(-c3ccc4c(c3)CCCC(=O)N4)n2)cc1. The van der Waals surface area contributed by atoms with E-state index in [1.54, 1.807) is 13.3 Å². The molecule has 0 aliphatic carbocycles. The molecule has 0 spiro atoms. The van der Waals surface area contributed by atoms with Crippen LogP contribution in [0.4, 0.5) is 17.3 Å². The number of carbonyl (C=O) groups excluding carboxylic acids is 1. The zero-order valence-corrected chi connectivity index (χ0v) is 15.0. The van der Waals surface area contributed by atoms with Crippen molar-refractivity contribution in [1.29, 1.82) is 0 Å². The summed E-state index contributed by atoms with van der Waals surface area (Å²) in [4.78, 5) is 20.6. The van der Waals surface area contributed by atoms with Gasteiger partial charge in [-0.3, -0.25) is 4.79 Å². The van der Waals surface area contributed by atoms with Gasteiger partial charge in [0.2, 0.25) is 11.9 Å². The molecule has 0 saturated carbocycles. The van der Waals surface area contributed by atoms with Crippen LogP contribution in [0.15, 0.2) is 54.7 Å². The van der Waals surface area contributed by atoms with Crippen molar-refractivity contribution in [2.24, 2.45) is 0 Å². The highest BCUT2D eigenvalue weighted by atomic mass is 16.5. The van der Waals surface area contributed by atoms with Crippen LogP contribution in [0.25, 0.3) is 11.3 Å². The van der Waals surface area contributed by atoms with Crippen LogP contribution >= 0.6 is 0 Å². The molecule has 0 fully saturated rings. The number of fused-ring (bicyclic) bond motifs is 1. The van der Waals surface area contributed by atoms with Crippen LogP contribution in [0.5, 0.6) is 5.75 Å². The Morgan fingerprint density at radius 1 is 1.07 bits per heavy atom. The van der Waals surface area contributed by atoms with Crippen molar-refractivity contribution in [3.63, 3.8) is 0 Å². The van der Waals surface area contributed by atoms with Gasteiger partial charge < -0.3 is 15.4 Å². The molecule has 136 valence electrons. The van der Waals surface area contributed by atoms with E-state index in [4.69, 9.17) is 4.74 Å². The highest BCUT2D eigenvalue weighted by Gasteiger charge is 2.14. The molecule has 0 bridgehead atoms. The fourth-order valence-corrected chi connectivity index (χ4v) is 3.12. The van der Waals surface area contributed by atoms with Gasteiger partial charge in [0.25, 0.3) is 0 Å². The van der Waals surface area contributed by atoms with Gasteiger partial charge in [-0.1, -0.05) is 6.07 Å². The van der Waals surface area contributed by atoms with Gasteiger partial charge in [-0.2, -0.15) is 0 Å². The molecule has 0 radical (unpaired) electrons. The molecule has 1 aromatic heterocycles. The summed E-state index contributed by atoms with van der Waals surface area (Å²) < 4.78 is 5.17. The first-order chi connectivity index (χ1) is 13.2. The van der Waals surface area contributed by atoms with Crippen LogP contribution in [-0.2, 0) is 11.2 Å². The van der Waals surface area contributed by atoms with Crippen molar-refractivity contribution in [2.45, 2.75) is 19.3 Å². The van der Waals surface area contributed by atoms with Gasteiger partial charge >= 0.3 is 0 Å². The summed E-state index contributed by atoms with van der Waals surface area (Å²) in [7, 11) is 1.64. The van der Waals surface area contributed by atoms with Gasteiger partial charge in [0.15, 0.2) is 0 Å². The van der Waals surface area contributed by atoms with E-state index in [1.807, 2.05) is 42.5 Å². The van der Waals surface area contributed by atoms with Crippen molar-refractivity contribution in [1.82, 2.24) is 9.97 Å². The highest BCUT2D eigenvalue weighted by molar-refractivity contribution is 5.92. The van der Waals surface area contributed by atoms with E-state index >= 15 is 0 Å². The van der Waals surface area contributed by atoms with E-state index in [9.17, 15) is 4.79 Å². The van der Waals surface area contributed by atoms with E-state index in [0.29, 0.717) is 12.4 Å². The van der Waals surface area contributed by atoms with Gasteiger partial charge in [0, 0.05) is 29.6 Å². The fraction of sp³-hybridized carbons (Fsp3) is 0.190. The number of ether oxygens (including phenoxy) is 1. The molecular weight excluding hydrogens is 340 g/mol. The van der Waals surface area contributed by atoms with E-state index < -0.39 is 0 Å². The number of methoxy groups -OCH3 is 1. The molecule has 27 heavy (non-hydrogen) atoms. The number of hydrogen-bond donors (Lipinski definition) is 2. The third kappa shape index (κ3) is 3.89. The largest absolute Gasteiger partial charge is 0.497 e. The first kappa shape index (κ1) is 17.0. The Morgan fingerprint density at radius 3 is 2.74 bits per heavy atom. The summed E-state index contributed by atoms with van der Waals surface area (Å²) >= 11 is 0. The second kappa shape index (κ2) is 7.45. The number of benzene rings is 2. The normalized spacial score (nSPS) is 13.3. The molecule has 2 heterocycles. The number of carbonyl (C=O) groups is 1. The minimum atomic E-state index is 0.0783. The lowest BCUT2D eigenvalue weighted by molar-refractivity contribution is -0.116. The predicted molar refractivity (Wildman–Crippen MR) is 105 cm³/mol. The van der Waals surface area contributed by atoms with Crippen LogP contribution in [0.3, 0.4) is 0 Å². The molecule has 1 aliphatic heterocycles. The molecule has 6 heteroatoms. The van der Waals surface area contributed by atoms with Gasteiger partial charge in [-0.15, -0.1) is 0 Å². The first-order valence-electron chi connectivity index (χ1n) is 8.88. The van der Waals surface area contributed by atoms with Gasteiger partial charge in [0.05, 0.1) is 12.8 Å². The van der Waals surface area contributed by atoms with Crippen molar-refractivity contribution in [2.75, 3.05) is 17.7 Å². The van der Waals surface area contributed by atoms with Gasteiger partial charge in [-0.05, 0) is 60.9 Å². The van der Waals surface area contributed by atoms with Crippen molar-refractivity contribution < 1.29 is 9.53 Å². The number of anilines is 3. The maximum Gasteiger partial charge on any atom is 0.227 e. The lowest BCUT2D eigenvalue weighted by Gasteiger charge is -2.10. The molecule has 0 saturated heterocycles. The summed E-state index contributed by atoms with van der Waals surface area (Å²) in [6, 6.07) is 15.5. The van der Waals surface area contributed by atoms with E-state index in [0.717, 1.165) is 46.8 Å². The van der Waals surface area contributed by atoms with Crippen LogP contribution in [0.2, 0.25) is 0 Å². The zero-order chi connectivity index (χ0) is 18.6. The Morgan fingerprint density at radius 2 is 1.93 bits per heavy atom. The van der Waals surface area contributed by atoms with Crippen molar-refractivity contribution in [3.05, 3.63) is 60.3 Å². The Bertz CT molecular complexity index is 970. The van der Waals surface area contributed by atoms with E-state index in [1.165, 1.54) is 0 Å². The summed E-state index contributed by atoms with van der Waals surface area (Å²) in [6.45, 7) is 0. The molecule has 6 nitrogen and oxygen atoms in total. The molecule has 0 unspecified atom stereocenters. The Balaban J connectivity index is 1.58. The van der Waals surface area contributed by atoms with Crippen molar-refractivity contribution >= 4 is 23.2 Å². The Hall–Kier alpha value is -3.41. The standard InChI is InChI=1S/C21H20N4O2/c1-27-17-8-6-16(7-9-17)23-21-22-12-11-19(25-21)15-5-10-18-14(13-15)3-2-4-20(26)24-18/h5-13H,2-4H2,1H3,(H,24,26)(H,22,23,25). The number of nitrogens with one attached hydrogen (secondary N) is 2. The lowest BCUT2D eigenvalue weighted by Crippen LogP contribution is -2.09. The molecule has 1 amide bonds. The van der Waals surface area contributed by atoms with Crippen LogP contribution < -0.4 is 15.4 Å². The number of rotatable bonds is 4. The topological polar surface area (TPSA) is 76.1 Å².